The molecule has 2 aromatic carbocycles. The highest BCUT2D eigenvalue weighted by Crippen LogP contribution is 2.42. The maximum atomic E-state index is 14.3. The van der Waals surface area contributed by atoms with Gasteiger partial charge in [0, 0.05) is 40.5 Å². The number of aromatic nitrogens is 3. The van der Waals surface area contributed by atoms with Crippen LogP contribution in [-0.2, 0) is 58.5 Å². The van der Waals surface area contributed by atoms with Crippen molar-refractivity contribution in [2.45, 2.75) is 43.8 Å². The third kappa shape index (κ3) is 14.0. The highest BCUT2D eigenvalue weighted by atomic mass is 35.5. The third-order valence-corrected chi connectivity index (χ3v) is 11.3. The van der Waals surface area contributed by atoms with E-state index in [4.69, 9.17) is 35.7 Å². The molecule has 4 rings (SSSR count). The summed E-state index contributed by atoms with van der Waals surface area (Å²) in [5.74, 6) is 3.37. The number of hydrogen-bond donors (Lipinski definition) is 2. The van der Waals surface area contributed by atoms with Crippen molar-refractivity contribution in [1.29, 1.82) is 0 Å². The van der Waals surface area contributed by atoms with Crippen molar-refractivity contribution in [3.05, 3.63) is 76.1 Å². The minimum Gasteiger partial charge on any atom is -0.446 e. The Morgan fingerprint density at radius 2 is 1.57 bits per heavy atom. The Kier molecular flexibility index (Phi) is 18.1. The second-order valence-electron chi connectivity index (χ2n) is 13.5. The number of amides is 2. The summed E-state index contributed by atoms with van der Waals surface area (Å²) < 4.78 is 118. The number of carbonyl (C=O) groups excluding carboxylic acids is 2. The number of pyridine rings is 1. The van der Waals surface area contributed by atoms with Crippen molar-refractivity contribution in [2.75, 3.05) is 69.7 Å². The lowest BCUT2D eigenvalue weighted by Gasteiger charge is -2.21. The Bertz CT molecular complexity index is 2270. The van der Waals surface area contributed by atoms with Gasteiger partial charge in [0.2, 0.25) is 6.41 Å². The van der Waals surface area contributed by atoms with Crippen LogP contribution in [0.15, 0.2) is 42.5 Å². The normalized spacial score (nSPS) is 13.3. The van der Waals surface area contributed by atoms with Gasteiger partial charge < -0.3 is 29.4 Å². The van der Waals surface area contributed by atoms with Gasteiger partial charge in [-0.2, -0.15) is 22.6 Å². The van der Waals surface area contributed by atoms with Crippen LogP contribution in [0.1, 0.15) is 36.8 Å². The number of nitrogens with zero attached hydrogens (tertiary/aromatic N) is 4. The maximum Gasteiger partial charge on any atom is 0.427 e. The largest absolute Gasteiger partial charge is 0.446 e. The van der Waals surface area contributed by atoms with E-state index in [9.17, 15) is 40.0 Å². The van der Waals surface area contributed by atoms with Crippen molar-refractivity contribution in [3.8, 4) is 23.0 Å². The molecule has 22 heteroatoms. The molecule has 2 N–H and O–H groups in total. The third-order valence-electron chi connectivity index (χ3n) is 8.59. The smallest absolute Gasteiger partial charge is 0.427 e. The van der Waals surface area contributed by atoms with E-state index in [-0.39, 0.29) is 103 Å². The van der Waals surface area contributed by atoms with Gasteiger partial charge in [0.15, 0.2) is 5.82 Å². The summed E-state index contributed by atoms with van der Waals surface area (Å²) in [6.07, 6.45) is -3.55. The number of ether oxygens (including phenoxy) is 4. The molecule has 0 spiro atoms. The monoisotopic (exact) mass is 919 g/mol. The molecular formula is C39H43ClF5N5O9S2. The van der Waals surface area contributed by atoms with Gasteiger partial charge in [-0.3, -0.25) is 13.7 Å². The summed E-state index contributed by atoms with van der Waals surface area (Å²) in [6, 6.07) is 7.09. The lowest BCUT2D eigenvalue weighted by molar-refractivity contribution is -0.141. The van der Waals surface area contributed by atoms with Gasteiger partial charge in [0.1, 0.15) is 46.2 Å². The van der Waals surface area contributed by atoms with Crippen LogP contribution in [0.5, 0.6) is 0 Å². The van der Waals surface area contributed by atoms with Crippen LogP contribution < -0.4 is 9.62 Å². The van der Waals surface area contributed by atoms with Crippen LogP contribution in [0.2, 0.25) is 5.02 Å². The number of fused-ring (bicyclic) bond motifs is 1. The van der Waals surface area contributed by atoms with Gasteiger partial charge in [-0.05, 0) is 62.1 Å². The summed E-state index contributed by atoms with van der Waals surface area (Å²) >= 11 is 6.65. The maximum absolute atomic E-state index is 14.3. The van der Waals surface area contributed by atoms with E-state index >= 15 is 0 Å². The molecule has 0 aliphatic carbocycles. The predicted molar refractivity (Wildman–Crippen MR) is 218 cm³/mol. The molecule has 0 aliphatic rings. The van der Waals surface area contributed by atoms with Crippen LogP contribution >= 0.6 is 11.6 Å². The molecular weight excluding hydrogens is 877 g/mol. The van der Waals surface area contributed by atoms with Crippen molar-refractivity contribution in [1.82, 2.24) is 20.1 Å². The minimum atomic E-state index is -4.89. The Hall–Kier alpha value is -4.56. The fourth-order valence-electron chi connectivity index (χ4n) is 5.68. The minimum absolute atomic E-state index is 0.00620. The molecule has 0 bridgehead atoms. The second kappa shape index (κ2) is 22.5. The first-order chi connectivity index (χ1) is 28.9. The number of aliphatic hydroxyl groups is 1. The van der Waals surface area contributed by atoms with Crippen molar-refractivity contribution < 1.29 is 64.0 Å². The van der Waals surface area contributed by atoms with E-state index < -0.39 is 68.8 Å². The zero-order valence-corrected chi connectivity index (χ0v) is 35.7. The Labute approximate surface area is 358 Å². The number of halogens is 6. The first-order valence-corrected chi connectivity index (χ1v) is 21.7. The zero-order valence-electron chi connectivity index (χ0n) is 33.4. The molecule has 2 amide bonds. The number of rotatable bonds is 21. The summed E-state index contributed by atoms with van der Waals surface area (Å²) in [5.41, 5.74) is -0.0480. The molecule has 0 saturated carbocycles. The van der Waals surface area contributed by atoms with Crippen LogP contribution in [-0.4, -0.2) is 117 Å². The van der Waals surface area contributed by atoms with Gasteiger partial charge in [-0.1, -0.05) is 23.6 Å². The lowest BCUT2D eigenvalue weighted by atomic mass is 9.94. The average Bonchev–Trinajstić information content (AvgIpc) is 3.53. The van der Waals surface area contributed by atoms with Gasteiger partial charge in [-0.15, -0.1) is 0 Å². The standard InChI is InChI=1S/C39H43ClF5N5O9S2/c1-38(2,60(3)54)10-9-28-5-6-29(34(47-28)32(46-24-52)21-25-19-26(41)22-27(42)20-25)30-7-8-31(40)33-35(30)49(23-39(43,44)45)48-36(33)50(61(4)55)37(53)59-18-17-58-16-15-57-14-13-56-12-11-51/h5-8,19-20,22,24,32,51H,11-18,21,23H2,1-4H3,(H,46,52). The van der Waals surface area contributed by atoms with E-state index in [1.165, 1.54) is 30.5 Å². The fourth-order valence-corrected chi connectivity index (χ4v) is 6.74. The van der Waals surface area contributed by atoms with E-state index in [1.54, 1.807) is 13.8 Å². The first-order valence-electron chi connectivity index (χ1n) is 18.3. The molecule has 2 aromatic heterocycles. The van der Waals surface area contributed by atoms with Crippen molar-refractivity contribution in [2.24, 2.45) is 0 Å². The highest BCUT2D eigenvalue weighted by Gasteiger charge is 2.35. The SMILES string of the molecule is CS(=O)N(C(=O)OCCOCCOCCOCCO)c1nn(CC(F)(F)F)c2c(-c3ccc(C#CC(C)(C)S(C)=O)nc3C(Cc3cc(F)cc(F)c3)NC=O)ccc(Cl)c12. The number of anilines is 1. The molecule has 332 valence electrons. The Morgan fingerprint density at radius 3 is 2.15 bits per heavy atom. The first kappa shape index (κ1) is 49.1. The highest BCUT2D eigenvalue weighted by molar-refractivity contribution is 7.86. The van der Waals surface area contributed by atoms with Crippen LogP contribution in [0.3, 0.4) is 0 Å². The fraction of sp³-hybridized carbons (Fsp3) is 0.436. The molecule has 3 atom stereocenters. The lowest BCUT2D eigenvalue weighted by Crippen LogP contribution is -2.34. The number of benzene rings is 2. The van der Waals surface area contributed by atoms with E-state index in [1.807, 2.05) is 0 Å². The molecule has 0 aliphatic heterocycles. The Morgan fingerprint density at radius 1 is 0.967 bits per heavy atom. The van der Waals surface area contributed by atoms with Crippen LogP contribution in [0.4, 0.5) is 32.6 Å². The molecule has 0 fully saturated rings. The molecule has 14 nitrogen and oxygen atoms in total. The van der Waals surface area contributed by atoms with Gasteiger partial charge in [0.05, 0.1) is 73.9 Å². The van der Waals surface area contributed by atoms with Crippen molar-refractivity contribution >= 4 is 62.6 Å². The topological polar surface area (TPSA) is 171 Å². The van der Waals surface area contributed by atoms with Crippen LogP contribution in [0.25, 0.3) is 22.0 Å². The second-order valence-corrected chi connectivity index (χ2v) is 17.0. The number of hydrogen-bond acceptors (Lipinski definition) is 11. The summed E-state index contributed by atoms with van der Waals surface area (Å²) in [7, 11) is -3.69. The number of aliphatic hydroxyl groups excluding tert-OH is 1. The molecule has 3 unspecified atom stereocenters. The number of alkyl halides is 3. The zero-order chi connectivity index (χ0) is 44.9. The molecule has 2 heterocycles. The van der Waals surface area contributed by atoms with Crippen molar-refractivity contribution in [3.63, 3.8) is 0 Å². The molecule has 61 heavy (non-hydrogen) atoms. The molecule has 0 radical (unpaired) electrons. The van der Waals surface area contributed by atoms with Gasteiger partial charge in [0.25, 0.3) is 0 Å². The average molecular weight is 920 g/mol. The van der Waals surface area contributed by atoms with E-state index in [0.29, 0.717) is 21.5 Å². The number of nitrogens with one attached hydrogen (secondary N) is 1. The summed E-state index contributed by atoms with van der Waals surface area (Å²) in [5, 5.41) is 15.0. The summed E-state index contributed by atoms with van der Waals surface area (Å²) in [4.78, 5) is 30.1. The summed E-state index contributed by atoms with van der Waals surface area (Å²) in [6.45, 7) is 1.92. The van der Waals surface area contributed by atoms with E-state index in [2.05, 4.69) is 27.2 Å². The van der Waals surface area contributed by atoms with Gasteiger partial charge in [-0.25, -0.2) is 22.8 Å². The number of carbonyl (C=O) groups is 2. The predicted octanol–water partition coefficient (Wildman–Crippen LogP) is 5.41. The molecule has 4 aromatic rings. The molecule has 0 saturated heterocycles. The van der Waals surface area contributed by atoms with E-state index in [0.717, 1.165) is 18.4 Å². The Balaban J connectivity index is 1.83. The quantitative estimate of drug-likeness (QED) is 0.0474. The van der Waals surface area contributed by atoms with Gasteiger partial charge >= 0.3 is 12.3 Å². The van der Waals surface area contributed by atoms with Crippen LogP contribution in [0, 0.1) is 23.5 Å².